The van der Waals surface area contributed by atoms with E-state index in [1.807, 2.05) is 27.7 Å². The van der Waals surface area contributed by atoms with E-state index in [1.54, 1.807) is 4.90 Å². The number of rotatable bonds is 6. The zero-order valence-electron chi connectivity index (χ0n) is 14.5. The van der Waals surface area contributed by atoms with Crippen molar-refractivity contribution in [2.45, 2.75) is 58.6 Å². The minimum Gasteiger partial charge on any atom is -0.468 e. The van der Waals surface area contributed by atoms with Gasteiger partial charge in [-0.25, -0.2) is 4.79 Å². The van der Waals surface area contributed by atoms with Crippen molar-refractivity contribution >= 4 is 12.1 Å². The van der Waals surface area contributed by atoms with Crippen molar-refractivity contribution in [2.75, 3.05) is 26.7 Å². The number of ether oxygens (including phenoxy) is 2. The number of amides is 1. The van der Waals surface area contributed by atoms with Crippen molar-refractivity contribution in [1.29, 1.82) is 0 Å². The van der Waals surface area contributed by atoms with E-state index in [2.05, 4.69) is 5.32 Å². The van der Waals surface area contributed by atoms with Gasteiger partial charge in [-0.15, -0.1) is 0 Å². The zero-order chi connectivity index (χ0) is 16.8. The molecule has 128 valence electrons. The molecule has 0 saturated carbocycles. The van der Waals surface area contributed by atoms with Gasteiger partial charge in [0.15, 0.2) is 0 Å². The highest BCUT2D eigenvalue weighted by Gasteiger charge is 2.29. The van der Waals surface area contributed by atoms with Crippen molar-refractivity contribution < 1.29 is 19.1 Å². The lowest BCUT2D eigenvalue weighted by atomic mass is 10.0. The summed E-state index contributed by atoms with van der Waals surface area (Å²) in [7, 11) is 1.41. The molecular weight excluding hydrogens is 284 g/mol. The maximum atomic E-state index is 12.0. The van der Waals surface area contributed by atoms with Crippen molar-refractivity contribution in [1.82, 2.24) is 10.2 Å². The number of nitrogens with zero attached hydrogens (tertiary/aromatic N) is 1. The van der Waals surface area contributed by atoms with Gasteiger partial charge in [0.25, 0.3) is 0 Å². The SMILES string of the molecule is CCC(NCCC1CCN(C(=O)OC(C)(C)C)C1)C(=O)OC. The molecule has 6 nitrogen and oxygen atoms in total. The first-order valence-electron chi connectivity index (χ1n) is 8.06. The van der Waals surface area contributed by atoms with E-state index >= 15 is 0 Å². The third-order valence-electron chi connectivity index (χ3n) is 3.77. The number of hydrogen-bond donors (Lipinski definition) is 1. The Bertz CT molecular complexity index is 379. The Hall–Kier alpha value is -1.30. The fourth-order valence-corrected chi connectivity index (χ4v) is 2.56. The van der Waals surface area contributed by atoms with E-state index < -0.39 is 5.60 Å². The largest absolute Gasteiger partial charge is 0.468 e. The van der Waals surface area contributed by atoms with E-state index in [-0.39, 0.29) is 18.1 Å². The first-order valence-corrected chi connectivity index (χ1v) is 8.06. The van der Waals surface area contributed by atoms with Gasteiger partial charge in [0.1, 0.15) is 11.6 Å². The normalized spacial score (nSPS) is 19.9. The molecule has 1 N–H and O–H groups in total. The molecule has 0 aliphatic carbocycles. The summed E-state index contributed by atoms with van der Waals surface area (Å²) in [5.41, 5.74) is -0.453. The van der Waals surface area contributed by atoms with Crippen LogP contribution in [0.25, 0.3) is 0 Å². The smallest absolute Gasteiger partial charge is 0.410 e. The van der Waals surface area contributed by atoms with E-state index in [1.165, 1.54) is 7.11 Å². The van der Waals surface area contributed by atoms with Crippen LogP contribution in [0.15, 0.2) is 0 Å². The van der Waals surface area contributed by atoms with Gasteiger partial charge in [0, 0.05) is 13.1 Å². The molecule has 1 fully saturated rings. The quantitative estimate of drug-likeness (QED) is 0.761. The minimum absolute atomic E-state index is 0.218. The molecule has 1 amide bonds. The number of carbonyl (C=O) groups excluding carboxylic acids is 2. The molecule has 0 bridgehead atoms. The molecule has 1 aliphatic heterocycles. The van der Waals surface area contributed by atoms with Crippen LogP contribution < -0.4 is 5.32 Å². The van der Waals surface area contributed by atoms with Gasteiger partial charge in [-0.1, -0.05) is 6.92 Å². The van der Waals surface area contributed by atoms with Crippen molar-refractivity contribution in [3.63, 3.8) is 0 Å². The predicted molar refractivity (Wildman–Crippen MR) is 84.6 cm³/mol. The standard InChI is InChI=1S/C16H30N2O4/c1-6-13(14(19)21-5)17-9-7-12-8-10-18(11-12)15(20)22-16(2,3)4/h12-13,17H,6-11H2,1-5H3. The van der Waals surface area contributed by atoms with Crippen LogP contribution in [-0.4, -0.2) is 55.3 Å². The van der Waals surface area contributed by atoms with Crippen molar-refractivity contribution in [3.05, 3.63) is 0 Å². The van der Waals surface area contributed by atoms with Crippen LogP contribution >= 0.6 is 0 Å². The molecule has 1 rings (SSSR count). The number of hydrogen-bond acceptors (Lipinski definition) is 5. The van der Waals surface area contributed by atoms with Gasteiger partial charge in [-0.2, -0.15) is 0 Å². The second-order valence-corrected chi connectivity index (χ2v) is 6.81. The average Bonchev–Trinajstić information content (AvgIpc) is 2.90. The Labute approximate surface area is 133 Å². The Morgan fingerprint density at radius 2 is 2.05 bits per heavy atom. The Balaban J connectivity index is 2.30. The lowest BCUT2D eigenvalue weighted by Gasteiger charge is -2.24. The molecule has 0 aromatic heterocycles. The topological polar surface area (TPSA) is 67.9 Å². The van der Waals surface area contributed by atoms with Crippen molar-refractivity contribution in [2.24, 2.45) is 5.92 Å². The van der Waals surface area contributed by atoms with Crippen LogP contribution in [0.2, 0.25) is 0 Å². The fraction of sp³-hybridized carbons (Fsp3) is 0.875. The van der Waals surface area contributed by atoms with Crippen molar-refractivity contribution in [3.8, 4) is 0 Å². The van der Waals surface area contributed by atoms with Gasteiger partial charge in [-0.05, 0) is 52.5 Å². The Morgan fingerprint density at radius 1 is 1.36 bits per heavy atom. The maximum absolute atomic E-state index is 12.0. The molecular formula is C16H30N2O4. The zero-order valence-corrected chi connectivity index (χ0v) is 14.5. The summed E-state index contributed by atoms with van der Waals surface area (Å²) in [6, 6.07) is -0.242. The monoisotopic (exact) mass is 314 g/mol. The van der Waals surface area contributed by atoms with Crippen LogP contribution in [-0.2, 0) is 14.3 Å². The van der Waals surface area contributed by atoms with Gasteiger partial charge < -0.3 is 19.7 Å². The summed E-state index contributed by atoms with van der Waals surface area (Å²) in [5, 5.41) is 3.22. The molecule has 0 radical (unpaired) electrons. The molecule has 0 aromatic rings. The first kappa shape index (κ1) is 18.7. The summed E-state index contributed by atoms with van der Waals surface area (Å²) in [5.74, 6) is 0.236. The Kier molecular flexibility index (Phi) is 7.13. The molecule has 6 heteroatoms. The van der Waals surface area contributed by atoms with E-state index in [4.69, 9.17) is 9.47 Å². The third-order valence-corrected chi connectivity index (χ3v) is 3.77. The lowest BCUT2D eigenvalue weighted by Crippen LogP contribution is -2.38. The second-order valence-electron chi connectivity index (χ2n) is 6.81. The van der Waals surface area contributed by atoms with Crippen LogP contribution in [0.1, 0.15) is 47.0 Å². The number of methoxy groups -OCH3 is 1. The maximum Gasteiger partial charge on any atom is 0.410 e. The van der Waals surface area contributed by atoms with E-state index in [0.717, 1.165) is 32.5 Å². The molecule has 1 heterocycles. The molecule has 2 unspecified atom stereocenters. The molecule has 0 aromatic carbocycles. The minimum atomic E-state index is -0.453. The number of nitrogens with one attached hydrogen (secondary N) is 1. The highest BCUT2D eigenvalue weighted by molar-refractivity contribution is 5.75. The highest BCUT2D eigenvalue weighted by Crippen LogP contribution is 2.21. The molecule has 1 aliphatic rings. The number of esters is 1. The summed E-state index contributed by atoms with van der Waals surface area (Å²) in [4.78, 5) is 25.3. The van der Waals surface area contributed by atoms with E-state index in [9.17, 15) is 9.59 Å². The average molecular weight is 314 g/mol. The van der Waals surface area contributed by atoms with Crippen LogP contribution in [0.3, 0.4) is 0 Å². The summed E-state index contributed by atoms with van der Waals surface area (Å²) >= 11 is 0. The van der Waals surface area contributed by atoms with Gasteiger partial charge >= 0.3 is 12.1 Å². The second kappa shape index (κ2) is 8.36. The van der Waals surface area contributed by atoms with Gasteiger partial charge in [0.2, 0.25) is 0 Å². The lowest BCUT2D eigenvalue weighted by molar-refractivity contribution is -0.143. The molecule has 1 saturated heterocycles. The van der Waals surface area contributed by atoms with Crippen LogP contribution in [0, 0.1) is 5.92 Å². The highest BCUT2D eigenvalue weighted by atomic mass is 16.6. The van der Waals surface area contributed by atoms with E-state index in [0.29, 0.717) is 12.3 Å². The fourth-order valence-electron chi connectivity index (χ4n) is 2.56. The summed E-state index contributed by atoms with van der Waals surface area (Å²) < 4.78 is 10.1. The van der Waals surface area contributed by atoms with Crippen LogP contribution in [0.5, 0.6) is 0 Å². The summed E-state index contributed by atoms with van der Waals surface area (Å²) in [6.07, 6.45) is 2.40. The predicted octanol–water partition coefficient (Wildman–Crippen LogP) is 2.17. The van der Waals surface area contributed by atoms with Gasteiger partial charge in [-0.3, -0.25) is 4.79 Å². The van der Waals surface area contributed by atoms with Crippen LogP contribution in [0.4, 0.5) is 4.79 Å². The molecule has 2 atom stereocenters. The third kappa shape index (κ3) is 6.22. The number of likely N-dealkylation sites (tertiary alicyclic amines) is 1. The van der Waals surface area contributed by atoms with Gasteiger partial charge in [0.05, 0.1) is 7.11 Å². The number of carbonyl (C=O) groups is 2. The first-order chi connectivity index (χ1) is 10.3. The molecule has 22 heavy (non-hydrogen) atoms. The molecule has 0 spiro atoms. The Morgan fingerprint density at radius 3 is 2.59 bits per heavy atom. The summed E-state index contributed by atoms with van der Waals surface area (Å²) in [6.45, 7) is 9.80.